The second kappa shape index (κ2) is 8.37. The topological polar surface area (TPSA) is 95.9 Å². The van der Waals surface area contributed by atoms with Gasteiger partial charge in [0.05, 0.1) is 23.4 Å². The number of nitrogens with two attached hydrogens (primary N) is 1. The molecule has 0 spiro atoms. The van der Waals surface area contributed by atoms with Gasteiger partial charge in [0.15, 0.2) is 0 Å². The van der Waals surface area contributed by atoms with Gasteiger partial charge >= 0.3 is 12.1 Å². The van der Waals surface area contributed by atoms with Gasteiger partial charge < -0.3 is 15.0 Å². The van der Waals surface area contributed by atoms with Crippen LogP contribution in [0.2, 0.25) is 0 Å². The Morgan fingerprint density at radius 1 is 1.16 bits per heavy atom. The lowest BCUT2D eigenvalue weighted by molar-refractivity contribution is -0.0472. The van der Waals surface area contributed by atoms with E-state index in [9.17, 15) is 18.0 Å². The Morgan fingerprint density at radius 2 is 1.87 bits per heavy atom. The lowest BCUT2D eigenvalue weighted by atomic mass is 9.86. The number of nitrogens with zero attached hydrogens (tertiary/aromatic N) is 4. The molecular formula is C21H20F3N5O2. The lowest BCUT2D eigenvalue weighted by Gasteiger charge is -2.28. The van der Waals surface area contributed by atoms with Crippen LogP contribution < -0.4 is 10.5 Å². The Morgan fingerprint density at radius 3 is 2.55 bits per heavy atom. The van der Waals surface area contributed by atoms with Crippen molar-refractivity contribution in [1.82, 2.24) is 19.5 Å². The Kier molecular flexibility index (Phi) is 5.62. The molecule has 1 fully saturated rings. The highest BCUT2D eigenvalue weighted by atomic mass is 19.3. The van der Waals surface area contributed by atoms with E-state index in [0.29, 0.717) is 42.0 Å². The molecule has 2 heterocycles. The first-order valence-corrected chi connectivity index (χ1v) is 9.80. The van der Waals surface area contributed by atoms with E-state index in [0.717, 1.165) is 0 Å². The third-order valence-corrected chi connectivity index (χ3v) is 5.31. The summed E-state index contributed by atoms with van der Waals surface area (Å²) in [6.07, 6.45) is 2.48. The summed E-state index contributed by atoms with van der Waals surface area (Å²) in [7, 11) is 0. The minimum Gasteiger partial charge on any atom is -0.374 e. The van der Waals surface area contributed by atoms with Crippen LogP contribution in [0.15, 0.2) is 42.9 Å². The van der Waals surface area contributed by atoms with Crippen molar-refractivity contribution in [1.29, 1.82) is 0 Å². The third kappa shape index (κ3) is 4.84. The normalized spacial score (nSPS) is 16.2. The maximum absolute atomic E-state index is 13.5. The maximum atomic E-state index is 13.5. The van der Waals surface area contributed by atoms with E-state index in [1.807, 2.05) is 4.57 Å². The molecule has 0 atom stereocenters. The van der Waals surface area contributed by atoms with Crippen molar-refractivity contribution in [2.24, 2.45) is 11.7 Å². The van der Waals surface area contributed by atoms with Crippen LogP contribution in [0.3, 0.4) is 0 Å². The molecule has 1 amide bonds. The van der Waals surface area contributed by atoms with Crippen LogP contribution in [0, 0.1) is 11.7 Å². The van der Waals surface area contributed by atoms with Gasteiger partial charge in [0, 0.05) is 31.1 Å². The van der Waals surface area contributed by atoms with Crippen molar-refractivity contribution in [2.45, 2.75) is 38.2 Å². The summed E-state index contributed by atoms with van der Waals surface area (Å²) < 4.78 is 47.1. The third-order valence-electron chi connectivity index (χ3n) is 5.31. The number of ether oxygens (including phenoxy) is 1. The highest BCUT2D eigenvalue weighted by Crippen LogP contribution is 2.38. The number of imidazole rings is 1. The fraction of sp³-hybridized carbons (Fsp3) is 0.333. The van der Waals surface area contributed by atoms with Crippen molar-refractivity contribution in [2.75, 3.05) is 0 Å². The van der Waals surface area contributed by atoms with Crippen LogP contribution in [0.4, 0.5) is 18.0 Å². The number of amides is 1. The van der Waals surface area contributed by atoms with E-state index in [-0.39, 0.29) is 30.6 Å². The van der Waals surface area contributed by atoms with Crippen molar-refractivity contribution < 1.29 is 22.7 Å². The molecule has 0 aliphatic heterocycles. The predicted octanol–water partition coefficient (Wildman–Crippen LogP) is 4.43. The van der Waals surface area contributed by atoms with Gasteiger partial charge in [-0.1, -0.05) is 0 Å². The standard InChI is InChI=1S/C21H20F3N5O2/c22-15-3-1-14(2-4-15)17-18(16-7-10-26-20(28-16)31-19(25)30)29(12-27-17)11-13-5-8-21(23,24)9-6-13/h1-4,7,10,12-13H,5-6,8-9,11H2,(H2,25,30). The van der Waals surface area contributed by atoms with E-state index in [4.69, 9.17) is 10.5 Å². The van der Waals surface area contributed by atoms with E-state index in [2.05, 4.69) is 15.0 Å². The molecule has 1 saturated carbocycles. The first-order chi connectivity index (χ1) is 14.8. The number of carbonyl (C=O) groups is 1. The number of benzene rings is 1. The van der Waals surface area contributed by atoms with Gasteiger partial charge in [0.25, 0.3) is 0 Å². The van der Waals surface area contributed by atoms with Crippen LogP contribution in [-0.4, -0.2) is 31.5 Å². The van der Waals surface area contributed by atoms with Gasteiger partial charge in [-0.2, -0.15) is 4.98 Å². The van der Waals surface area contributed by atoms with E-state index in [1.54, 1.807) is 24.5 Å². The number of alkyl halides is 2. The fourth-order valence-corrected chi connectivity index (χ4v) is 3.78. The fourth-order valence-electron chi connectivity index (χ4n) is 3.78. The van der Waals surface area contributed by atoms with Crippen molar-refractivity contribution in [3.8, 4) is 28.7 Å². The molecule has 1 aromatic carbocycles. The number of aromatic nitrogens is 4. The van der Waals surface area contributed by atoms with Crippen LogP contribution in [-0.2, 0) is 6.54 Å². The SMILES string of the molecule is NC(=O)Oc1nccc(-c2c(-c3ccc(F)cc3)ncn2CC2CCC(F)(F)CC2)n1. The predicted molar refractivity (Wildman–Crippen MR) is 106 cm³/mol. The summed E-state index contributed by atoms with van der Waals surface area (Å²) in [6, 6.07) is 7.22. The molecule has 4 rings (SSSR count). The Hall–Kier alpha value is -3.43. The Labute approximate surface area is 176 Å². The zero-order chi connectivity index (χ0) is 22.0. The molecule has 2 aromatic heterocycles. The highest BCUT2D eigenvalue weighted by molar-refractivity contribution is 5.77. The molecule has 7 nitrogen and oxygen atoms in total. The number of halogens is 3. The smallest absolute Gasteiger partial charge is 0.374 e. The molecule has 10 heteroatoms. The molecule has 0 unspecified atom stereocenters. The molecule has 31 heavy (non-hydrogen) atoms. The average molecular weight is 431 g/mol. The molecule has 0 saturated heterocycles. The Bertz CT molecular complexity index is 1070. The van der Waals surface area contributed by atoms with Crippen molar-refractivity contribution >= 4 is 6.09 Å². The van der Waals surface area contributed by atoms with Gasteiger partial charge in [-0.3, -0.25) is 0 Å². The number of primary amides is 1. The second-order valence-electron chi connectivity index (χ2n) is 7.55. The molecule has 2 N–H and O–H groups in total. The highest BCUT2D eigenvalue weighted by Gasteiger charge is 2.35. The summed E-state index contributed by atoms with van der Waals surface area (Å²) in [5.74, 6) is -2.94. The van der Waals surface area contributed by atoms with E-state index < -0.39 is 12.0 Å². The van der Waals surface area contributed by atoms with Crippen LogP contribution >= 0.6 is 0 Å². The zero-order valence-electron chi connectivity index (χ0n) is 16.5. The molecule has 1 aliphatic rings. The van der Waals surface area contributed by atoms with Gasteiger partial charge in [0.2, 0.25) is 5.92 Å². The summed E-state index contributed by atoms with van der Waals surface area (Å²) >= 11 is 0. The van der Waals surface area contributed by atoms with Crippen LogP contribution in [0.5, 0.6) is 6.01 Å². The quantitative estimate of drug-likeness (QED) is 0.645. The summed E-state index contributed by atoms with van der Waals surface area (Å²) in [5, 5.41) is 0. The molecule has 3 aromatic rings. The van der Waals surface area contributed by atoms with Gasteiger partial charge in [-0.05, 0) is 49.1 Å². The monoisotopic (exact) mass is 431 g/mol. The maximum Gasteiger partial charge on any atom is 0.412 e. The molecule has 0 bridgehead atoms. The molecule has 0 radical (unpaired) electrons. The molecule has 162 valence electrons. The number of carbonyl (C=O) groups excluding carboxylic acids is 1. The first kappa shape index (κ1) is 20.8. The van der Waals surface area contributed by atoms with Crippen LogP contribution in [0.1, 0.15) is 25.7 Å². The average Bonchev–Trinajstić information content (AvgIpc) is 3.13. The molecular weight excluding hydrogens is 411 g/mol. The summed E-state index contributed by atoms with van der Waals surface area (Å²) in [4.78, 5) is 23.7. The summed E-state index contributed by atoms with van der Waals surface area (Å²) in [6.45, 7) is 0.468. The Balaban J connectivity index is 1.72. The molecule has 1 aliphatic carbocycles. The van der Waals surface area contributed by atoms with Crippen molar-refractivity contribution in [3.63, 3.8) is 0 Å². The van der Waals surface area contributed by atoms with E-state index >= 15 is 0 Å². The van der Waals surface area contributed by atoms with Gasteiger partial charge in [-0.15, -0.1) is 0 Å². The van der Waals surface area contributed by atoms with Crippen molar-refractivity contribution in [3.05, 3.63) is 48.7 Å². The lowest BCUT2D eigenvalue weighted by Crippen LogP contribution is -2.26. The van der Waals surface area contributed by atoms with Crippen LogP contribution in [0.25, 0.3) is 22.6 Å². The second-order valence-corrected chi connectivity index (χ2v) is 7.55. The minimum atomic E-state index is -2.61. The number of rotatable bonds is 5. The number of hydrogen-bond acceptors (Lipinski definition) is 5. The summed E-state index contributed by atoms with van der Waals surface area (Å²) in [5.41, 5.74) is 7.23. The largest absolute Gasteiger partial charge is 0.412 e. The van der Waals surface area contributed by atoms with Gasteiger partial charge in [0.1, 0.15) is 5.82 Å². The first-order valence-electron chi connectivity index (χ1n) is 9.80. The minimum absolute atomic E-state index is 0.0526. The number of hydrogen-bond donors (Lipinski definition) is 1. The van der Waals surface area contributed by atoms with Gasteiger partial charge in [-0.25, -0.2) is 27.9 Å². The van der Waals surface area contributed by atoms with E-state index in [1.165, 1.54) is 18.3 Å². The zero-order valence-corrected chi connectivity index (χ0v) is 16.5.